The third kappa shape index (κ3) is 4.67. The van der Waals surface area contributed by atoms with Crippen molar-refractivity contribution >= 4 is 33.0 Å². The molecule has 1 aromatic carbocycles. The van der Waals surface area contributed by atoms with Gasteiger partial charge in [0.25, 0.3) is 0 Å². The maximum atomic E-state index is 13.0. The summed E-state index contributed by atoms with van der Waals surface area (Å²) in [6, 6.07) is 8.64. The van der Waals surface area contributed by atoms with Crippen molar-refractivity contribution in [1.29, 1.82) is 0 Å². The Bertz CT molecular complexity index is 889. The number of anilines is 1. The molecule has 9 heteroatoms. The van der Waals surface area contributed by atoms with Crippen molar-refractivity contribution in [2.45, 2.75) is 18.4 Å². The van der Waals surface area contributed by atoms with Gasteiger partial charge in [0.2, 0.25) is 15.9 Å². The van der Waals surface area contributed by atoms with Gasteiger partial charge in [-0.3, -0.25) is 9.69 Å². The van der Waals surface area contributed by atoms with Crippen LogP contribution in [0, 0.1) is 0 Å². The van der Waals surface area contributed by atoms with Gasteiger partial charge >= 0.3 is 0 Å². The van der Waals surface area contributed by atoms with Crippen molar-refractivity contribution in [2.24, 2.45) is 0 Å². The molecule has 0 bridgehead atoms. The molecule has 0 atom stereocenters. The van der Waals surface area contributed by atoms with Crippen LogP contribution < -0.4 is 10.1 Å². The highest BCUT2D eigenvalue weighted by molar-refractivity contribution is 7.89. The van der Waals surface area contributed by atoms with Gasteiger partial charge in [0.1, 0.15) is 5.75 Å². The number of nitrogens with zero attached hydrogens (tertiary/aromatic N) is 2. The maximum Gasteiger partial charge on any atom is 0.243 e. The number of hydrogen-bond acceptors (Lipinski definition) is 6. The van der Waals surface area contributed by atoms with Crippen molar-refractivity contribution in [3.63, 3.8) is 0 Å². The first-order valence-electron chi connectivity index (χ1n) is 8.60. The van der Waals surface area contributed by atoms with Gasteiger partial charge < -0.3 is 10.1 Å². The highest BCUT2D eigenvalue weighted by atomic mass is 32.2. The second-order valence-electron chi connectivity index (χ2n) is 6.30. The van der Waals surface area contributed by atoms with Crippen molar-refractivity contribution < 1.29 is 17.9 Å². The predicted octanol–water partition coefficient (Wildman–Crippen LogP) is 2.22. The molecule has 1 N–H and O–H groups in total. The topological polar surface area (TPSA) is 79.0 Å². The number of hydrogen-bond donors (Lipinski definition) is 1. The molecule has 1 aliphatic heterocycles. The zero-order chi connectivity index (χ0) is 19.4. The second kappa shape index (κ2) is 8.39. The number of rotatable bonds is 6. The van der Waals surface area contributed by atoms with E-state index in [9.17, 15) is 13.2 Å². The minimum atomic E-state index is -3.63. The van der Waals surface area contributed by atoms with Crippen LogP contribution in [0.2, 0.25) is 0 Å². The molecule has 27 heavy (non-hydrogen) atoms. The zero-order valence-electron chi connectivity index (χ0n) is 15.3. The van der Waals surface area contributed by atoms with Crippen LogP contribution in [-0.2, 0) is 21.4 Å². The molecule has 1 amide bonds. The Balaban J connectivity index is 1.72. The van der Waals surface area contributed by atoms with Crippen molar-refractivity contribution in [1.82, 2.24) is 9.21 Å². The lowest BCUT2D eigenvalue weighted by Crippen LogP contribution is -2.48. The number of carbonyl (C=O) groups excluding carboxylic acids is 1. The average Bonchev–Trinajstić information content (AvgIpc) is 3.14. The van der Waals surface area contributed by atoms with Crippen LogP contribution in [0.3, 0.4) is 0 Å². The minimum Gasteiger partial charge on any atom is -0.495 e. The predicted molar refractivity (Wildman–Crippen MR) is 106 cm³/mol. The molecular weight excluding hydrogens is 386 g/mol. The summed E-state index contributed by atoms with van der Waals surface area (Å²) in [6.07, 6.45) is 0. The number of methoxy groups -OCH3 is 1. The Labute approximate surface area is 163 Å². The maximum absolute atomic E-state index is 13.0. The smallest absolute Gasteiger partial charge is 0.243 e. The van der Waals surface area contributed by atoms with Crippen LogP contribution in [0.1, 0.15) is 11.8 Å². The van der Waals surface area contributed by atoms with E-state index in [-0.39, 0.29) is 10.8 Å². The quantitative estimate of drug-likeness (QED) is 0.791. The summed E-state index contributed by atoms with van der Waals surface area (Å²) in [4.78, 5) is 15.1. The Morgan fingerprint density at radius 2 is 1.96 bits per heavy atom. The Hall–Kier alpha value is -1.94. The summed E-state index contributed by atoms with van der Waals surface area (Å²) in [5.41, 5.74) is 0.349. The molecule has 3 rings (SSSR count). The van der Waals surface area contributed by atoms with Crippen LogP contribution in [-0.4, -0.2) is 56.8 Å². The first kappa shape index (κ1) is 19.8. The number of benzene rings is 1. The minimum absolute atomic E-state index is 0.152. The van der Waals surface area contributed by atoms with E-state index >= 15 is 0 Å². The fourth-order valence-electron chi connectivity index (χ4n) is 3.03. The highest BCUT2D eigenvalue weighted by Gasteiger charge is 2.29. The van der Waals surface area contributed by atoms with E-state index in [1.165, 1.54) is 35.3 Å². The molecule has 0 spiro atoms. The molecule has 1 aliphatic rings. The zero-order valence-corrected chi connectivity index (χ0v) is 17.0. The van der Waals surface area contributed by atoms with Gasteiger partial charge in [-0.25, -0.2) is 8.42 Å². The molecule has 0 radical (unpaired) electrons. The molecule has 1 saturated heterocycles. The van der Waals surface area contributed by atoms with Gasteiger partial charge in [0.05, 0.1) is 17.7 Å². The summed E-state index contributed by atoms with van der Waals surface area (Å²) >= 11 is 1.71. The average molecular weight is 410 g/mol. The summed E-state index contributed by atoms with van der Waals surface area (Å²) in [5.74, 6) is 0.134. The molecule has 1 aromatic heterocycles. The number of piperazine rings is 1. The van der Waals surface area contributed by atoms with Crippen molar-refractivity contribution in [3.8, 4) is 5.75 Å². The lowest BCUT2D eigenvalue weighted by molar-refractivity contribution is -0.114. The van der Waals surface area contributed by atoms with E-state index in [1.807, 2.05) is 11.4 Å². The first-order chi connectivity index (χ1) is 12.9. The third-order valence-electron chi connectivity index (χ3n) is 4.41. The standard InChI is InChI=1S/C18H23N3O4S2/c1-14(22)19-17-12-16(5-6-18(17)25-2)27(23,24)21-9-7-20(8-10-21)13-15-4-3-11-26-15/h3-6,11-12H,7-10,13H2,1-2H3,(H,19,22). The number of amides is 1. The number of ether oxygens (including phenoxy) is 1. The van der Waals surface area contributed by atoms with Crippen molar-refractivity contribution in [3.05, 3.63) is 40.6 Å². The summed E-state index contributed by atoms with van der Waals surface area (Å²) in [7, 11) is -2.15. The summed E-state index contributed by atoms with van der Waals surface area (Å²) in [6.45, 7) is 4.47. The first-order valence-corrected chi connectivity index (χ1v) is 10.9. The van der Waals surface area contributed by atoms with E-state index in [2.05, 4.69) is 16.3 Å². The second-order valence-corrected chi connectivity index (χ2v) is 9.27. The molecule has 0 aliphatic carbocycles. The number of nitrogens with one attached hydrogen (secondary N) is 1. The van der Waals surface area contributed by atoms with Crippen molar-refractivity contribution in [2.75, 3.05) is 38.6 Å². The van der Waals surface area contributed by atoms with Gasteiger partial charge in [-0.05, 0) is 29.6 Å². The molecule has 2 aromatic rings. The van der Waals surface area contributed by atoms with Gasteiger partial charge in [0, 0.05) is 44.5 Å². The molecular formula is C18H23N3O4S2. The van der Waals surface area contributed by atoms with E-state index in [0.29, 0.717) is 37.6 Å². The van der Waals surface area contributed by atoms with E-state index in [0.717, 1.165) is 6.54 Å². The summed E-state index contributed by atoms with van der Waals surface area (Å²) < 4.78 is 32.7. The molecule has 7 nitrogen and oxygen atoms in total. The fraction of sp³-hybridized carbons (Fsp3) is 0.389. The third-order valence-corrected chi connectivity index (χ3v) is 7.17. The Morgan fingerprint density at radius 1 is 1.22 bits per heavy atom. The van der Waals surface area contributed by atoms with E-state index < -0.39 is 10.0 Å². The largest absolute Gasteiger partial charge is 0.495 e. The van der Waals surface area contributed by atoms with E-state index in [4.69, 9.17) is 4.74 Å². The molecule has 146 valence electrons. The van der Waals surface area contributed by atoms with Crippen LogP contribution in [0.15, 0.2) is 40.6 Å². The van der Waals surface area contributed by atoms with Gasteiger partial charge in [-0.1, -0.05) is 6.07 Å². The summed E-state index contributed by atoms with van der Waals surface area (Å²) in [5, 5.41) is 4.67. The number of thiophene rings is 1. The Morgan fingerprint density at radius 3 is 2.56 bits per heavy atom. The normalized spacial score (nSPS) is 16.2. The van der Waals surface area contributed by atoms with Gasteiger partial charge in [0.15, 0.2) is 0 Å². The van der Waals surface area contributed by atoms with E-state index in [1.54, 1.807) is 17.4 Å². The molecule has 0 saturated carbocycles. The Kier molecular flexibility index (Phi) is 6.15. The van der Waals surface area contributed by atoms with Crippen LogP contribution in [0.5, 0.6) is 5.75 Å². The number of sulfonamides is 1. The van der Waals surface area contributed by atoms with Crippen LogP contribution in [0.4, 0.5) is 5.69 Å². The number of carbonyl (C=O) groups is 1. The van der Waals surface area contributed by atoms with Gasteiger partial charge in [-0.15, -0.1) is 11.3 Å². The lowest BCUT2D eigenvalue weighted by Gasteiger charge is -2.33. The molecule has 1 fully saturated rings. The van der Waals surface area contributed by atoms with Gasteiger partial charge in [-0.2, -0.15) is 4.31 Å². The molecule has 2 heterocycles. The van der Waals surface area contributed by atoms with Crippen LogP contribution >= 0.6 is 11.3 Å². The van der Waals surface area contributed by atoms with Crippen LogP contribution in [0.25, 0.3) is 0 Å². The molecule has 0 unspecified atom stereocenters. The monoisotopic (exact) mass is 409 g/mol. The fourth-order valence-corrected chi connectivity index (χ4v) is 5.23. The SMILES string of the molecule is COc1ccc(S(=O)(=O)N2CCN(Cc3cccs3)CC2)cc1NC(C)=O. The lowest BCUT2D eigenvalue weighted by atomic mass is 10.3. The highest BCUT2D eigenvalue weighted by Crippen LogP contribution is 2.29.